The van der Waals surface area contributed by atoms with Crippen LogP contribution in [0.3, 0.4) is 0 Å². The monoisotopic (exact) mass is 534 g/mol. The number of alkyl halides is 3. The van der Waals surface area contributed by atoms with Crippen LogP contribution in [0.15, 0.2) is 30.3 Å². The lowest BCUT2D eigenvalue weighted by Crippen LogP contribution is -2.22. The quantitative estimate of drug-likeness (QED) is 0.392. The zero-order chi connectivity index (χ0) is 26.9. The largest absolute Gasteiger partial charge is 0.616 e. The zero-order valence-corrected chi connectivity index (χ0v) is 21.8. The summed E-state index contributed by atoms with van der Waals surface area (Å²) >= 11 is -0.805. The van der Waals surface area contributed by atoms with Crippen molar-refractivity contribution in [1.82, 2.24) is 9.97 Å². The van der Waals surface area contributed by atoms with Crippen LogP contribution in [0.1, 0.15) is 61.2 Å². The van der Waals surface area contributed by atoms with Crippen molar-refractivity contribution in [3.63, 3.8) is 0 Å². The molecule has 3 aromatic rings. The fraction of sp³-hybridized carbons (Fsp3) is 0.423. The van der Waals surface area contributed by atoms with Crippen LogP contribution in [0.25, 0.3) is 10.9 Å². The lowest BCUT2D eigenvalue weighted by molar-refractivity contribution is -0.137. The van der Waals surface area contributed by atoms with Crippen LogP contribution < -0.4 is 15.4 Å². The molecule has 2 aromatic carbocycles. The van der Waals surface area contributed by atoms with Gasteiger partial charge in [0.25, 0.3) is 0 Å². The zero-order valence-electron chi connectivity index (χ0n) is 21.0. The Morgan fingerprint density at radius 2 is 1.86 bits per heavy atom. The summed E-state index contributed by atoms with van der Waals surface area (Å²) in [7, 11) is 1.60. The van der Waals surface area contributed by atoms with E-state index in [0.29, 0.717) is 45.4 Å². The summed E-state index contributed by atoms with van der Waals surface area (Å²) in [5, 5.41) is 6.42. The average molecular weight is 535 g/mol. The minimum Gasteiger partial charge on any atom is -0.616 e. The molecule has 37 heavy (non-hydrogen) atoms. The molecule has 1 fully saturated rings. The number of carbonyl (C=O) groups excluding carboxylic acids is 1. The van der Waals surface area contributed by atoms with E-state index in [0.717, 1.165) is 30.5 Å². The molecule has 1 aliphatic heterocycles. The molecule has 4 rings (SSSR count). The number of ether oxygens (including phenoxy) is 1. The highest BCUT2D eigenvalue weighted by Crippen LogP contribution is 2.39. The van der Waals surface area contributed by atoms with E-state index in [4.69, 9.17) is 4.74 Å². The molecule has 1 saturated heterocycles. The van der Waals surface area contributed by atoms with Gasteiger partial charge in [-0.1, -0.05) is 11.2 Å². The van der Waals surface area contributed by atoms with Crippen LogP contribution in [0.5, 0.6) is 5.75 Å². The van der Waals surface area contributed by atoms with Crippen molar-refractivity contribution in [2.75, 3.05) is 29.2 Å². The smallest absolute Gasteiger partial charge is 0.416 e. The van der Waals surface area contributed by atoms with E-state index in [9.17, 15) is 22.5 Å². The van der Waals surface area contributed by atoms with E-state index < -0.39 is 34.9 Å². The number of benzene rings is 2. The third kappa shape index (κ3) is 6.27. The number of amides is 1. The Bertz CT molecular complexity index is 1310. The van der Waals surface area contributed by atoms with Crippen molar-refractivity contribution in [3.8, 4) is 5.75 Å². The maximum Gasteiger partial charge on any atom is 0.416 e. The van der Waals surface area contributed by atoms with E-state index in [1.54, 1.807) is 21.0 Å². The maximum absolute atomic E-state index is 13.6. The van der Waals surface area contributed by atoms with E-state index in [1.165, 1.54) is 13.0 Å². The molecule has 0 radical (unpaired) electrons. The SMILES string of the molecule is COc1cc2nc(C)nc(NC(C)c3cc(NC(C)=O)cc(C(F)(F)F)c3)c2cc1C1CC[S+]([O-])CC1. The number of methoxy groups -OCH3 is 1. The number of rotatable bonds is 6. The van der Waals surface area contributed by atoms with Crippen LogP contribution in [-0.2, 0) is 22.1 Å². The first-order valence-electron chi connectivity index (χ1n) is 11.9. The number of hydrogen-bond donors (Lipinski definition) is 2. The second-order valence-corrected chi connectivity index (χ2v) is 10.9. The second-order valence-electron chi connectivity index (χ2n) is 9.24. The molecule has 1 aromatic heterocycles. The van der Waals surface area contributed by atoms with Gasteiger partial charge < -0.3 is 19.9 Å². The molecule has 0 aliphatic carbocycles. The lowest BCUT2D eigenvalue weighted by atomic mass is 9.91. The molecular weight excluding hydrogens is 505 g/mol. The standard InChI is InChI=1S/C26H29F3N4O3S/c1-14(18-9-19(26(27,28)29)11-20(10-18)33-16(3)34)30-25-22-12-21(17-5-7-37(35)8-6-17)24(36-4)13-23(22)31-15(2)32-25/h9-14,17H,5-8H2,1-4H3,(H,33,34)(H,30,31,32). The van der Waals surface area contributed by atoms with Crippen molar-refractivity contribution >= 4 is 39.5 Å². The minimum absolute atomic E-state index is 0.0661. The average Bonchev–Trinajstić information content (AvgIpc) is 2.82. The van der Waals surface area contributed by atoms with Gasteiger partial charge in [0.15, 0.2) is 0 Å². The topological polar surface area (TPSA) is 99.2 Å². The van der Waals surface area contributed by atoms with Gasteiger partial charge in [-0.15, -0.1) is 0 Å². The van der Waals surface area contributed by atoms with Crippen molar-refractivity contribution in [1.29, 1.82) is 0 Å². The molecule has 1 amide bonds. The molecule has 11 heteroatoms. The molecule has 0 saturated carbocycles. The summed E-state index contributed by atoms with van der Waals surface area (Å²) in [4.78, 5) is 20.6. The lowest BCUT2D eigenvalue weighted by Gasteiger charge is -2.26. The van der Waals surface area contributed by atoms with Crippen LogP contribution in [0.4, 0.5) is 24.7 Å². The van der Waals surface area contributed by atoms with Gasteiger partial charge in [0.05, 0.1) is 24.2 Å². The third-order valence-electron chi connectivity index (χ3n) is 6.44. The number of carbonyl (C=O) groups is 1. The fourth-order valence-electron chi connectivity index (χ4n) is 4.63. The maximum atomic E-state index is 13.6. The van der Waals surface area contributed by atoms with Crippen molar-refractivity contribution in [3.05, 3.63) is 52.8 Å². The highest BCUT2D eigenvalue weighted by molar-refractivity contribution is 7.91. The Morgan fingerprint density at radius 3 is 2.49 bits per heavy atom. The minimum atomic E-state index is -4.57. The molecular formula is C26H29F3N4O3S. The summed E-state index contributed by atoms with van der Waals surface area (Å²) in [5.41, 5.74) is 1.17. The van der Waals surface area contributed by atoms with Gasteiger partial charge in [-0.05, 0) is 68.0 Å². The van der Waals surface area contributed by atoms with Crippen molar-refractivity contribution in [2.24, 2.45) is 0 Å². The van der Waals surface area contributed by atoms with Crippen LogP contribution >= 0.6 is 0 Å². The fourth-order valence-corrected chi connectivity index (χ4v) is 5.93. The normalized spacial score (nSPS) is 18.9. The van der Waals surface area contributed by atoms with Gasteiger partial charge in [0.2, 0.25) is 5.91 Å². The predicted molar refractivity (Wildman–Crippen MR) is 138 cm³/mol. The Labute approximate surface area is 216 Å². The number of nitrogens with one attached hydrogen (secondary N) is 2. The van der Waals surface area contributed by atoms with E-state index >= 15 is 0 Å². The Balaban J connectivity index is 1.74. The Kier molecular flexibility index (Phi) is 7.84. The first-order chi connectivity index (χ1) is 17.4. The first-order valence-corrected chi connectivity index (χ1v) is 13.4. The summed E-state index contributed by atoms with van der Waals surface area (Å²) in [6, 6.07) is 6.74. The third-order valence-corrected chi connectivity index (χ3v) is 7.83. The molecule has 7 nitrogen and oxygen atoms in total. The number of aromatic nitrogens is 2. The van der Waals surface area contributed by atoms with Gasteiger partial charge >= 0.3 is 6.18 Å². The van der Waals surface area contributed by atoms with Gasteiger partial charge in [-0.25, -0.2) is 9.97 Å². The van der Waals surface area contributed by atoms with Gasteiger partial charge in [-0.3, -0.25) is 4.79 Å². The molecule has 1 atom stereocenters. The van der Waals surface area contributed by atoms with E-state index in [2.05, 4.69) is 20.6 Å². The van der Waals surface area contributed by atoms with E-state index in [1.807, 2.05) is 12.1 Å². The molecule has 1 aliphatic rings. The van der Waals surface area contributed by atoms with Gasteiger partial charge in [0.1, 0.15) is 28.9 Å². The second kappa shape index (κ2) is 10.7. The van der Waals surface area contributed by atoms with E-state index in [-0.39, 0.29) is 11.6 Å². The number of nitrogens with zero attached hydrogens (tertiary/aromatic N) is 2. The van der Waals surface area contributed by atoms with Crippen LogP contribution in [0, 0.1) is 6.92 Å². The highest BCUT2D eigenvalue weighted by Gasteiger charge is 2.32. The Hall–Kier alpha value is -3.05. The van der Waals surface area contributed by atoms with Crippen molar-refractivity contribution < 1.29 is 27.3 Å². The molecule has 2 heterocycles. The number of aryl methyl sites for hydroxylation is 1. The van der Waals surface area contributed by atoms with Crippen LogP contribution in [0.2, 0.25) is 0 Å². The van der Waals surface area contributed by atoms with Gasteiger partial charge in [0, 0.05) is 24.1 Å². The first kappa shape index (κ1) is 27.0. The van der Waals surface area contributed by atoms with Crippen molar-refractivity contribution in [2.45, 2.75) is 51.7 Å². The Morgan fingerprint density at radius 1 is 1.16 bits per heavy atom. The van der Waals surface area contributed by atoms with Gasteiger partial charge in [-0.2, -0.15) is 13.2 Å². The molecule has 198 valence electrons. The summed E-state index contributed by atoms with van der Waals surface area (Å²) in [6.07, 6.45) is -3.02. The number of halogens is 3. The predicted octanol–water partition coefficient (Wildman–Crippen LogP) is 5.72. The van der Waals surface area contributed by atoms with Crippen LogP contribution in [-0.4, -0.2) is 39.0 Å². The molecule has 2 N–H and O–H groups in total. The number of fused-ring (bicyclic) bond motifs is 1. The number of anilines is 2. The number of hydrogen-bond acceptors (Lipinski definition) is 6. The summed E-state index contributed by atoms with van der Waals surface area (Å²) in [6.45, 7) is 4.72. The molecule has 0 spiro atoms. The molecule has 1 unspecified atom stereocenters. The summed E-state index contributed by atoms with van der Waals surface area (Å²) < 4.78 is 58.2. The summed E-state index contributed by atoms with van der Waals surface area (Å²) in [5.74, 6) is 2.64. The molecule has 0 bridgehead atoms. The highest BCUT2D eigenvalue weighted by atomic mass is 32.2.